The number of azide groups is 1. The molecule has 4 amide bonds. The van der Waals surface area contributed by atoms with Crippen molar-refractivity contribution in [3.8, 4) is 0 Å². The van der Waals surface area contributed by atoms with Crippen LogP contribution in [0.5, 0.6) is 0 Å². The highest BCUT2D eigenvalue weighted by Gasteiger charge is 2.14. The highest BCUT2D eigenvalue weighted by Crippen LogP contribution is 2.20. The van der Waals surface area contributed by atoms with Crippen molar-refractivity contribution in [2.24, 2.45) is 5.11 Å². The number of benzene rings is 3. The fourth-order valence-electron chi connectivity index (χ4n) is 4.69. The molecule has 0 radical (unpaired) electrons. The molecule has 43 heavy (non-hydrogen) atoms. The molecule has 4 heterocycles. The summed E-state index contributed by atoms with van der Waals surface area (Å²) in [6, 6.07) is 18.7. The number of hydrogen-bond donors (Lipinski definition) is 4. The Labute approximate surface area is 250 Å². The third-order valence-electron chi connectivity index (χ3n) is 7.04. The molecule has 0 aliphatic carbocycles. The van der Waals surface area contributed by atoms with Crippen molar-refractivity contribution >= 4 is 40.7 Å². The predicted octanol–water partition coefficient (Wildman–Crippen LogP) is 6.50. The Morgan fingerprint density at radius 3 is 1.42 bits per heavy atom. The van der Waals surface area contributed by atoms with Gasteiger partial charge in [0.05, 0.1) is 0 Å². The van der Waals surface area contributed by atoms with E-state index in [9.17, 15) is 19.2 Å². The van der Waals surface area contributed by atoms with Crippen LogP contribution in [0, 0.1) is 0 Å². The minimum absolute atomic E-state index is 0.0468. The molecule has 3 aromatic carbocycles. The summed E-state index contributed by atoms with van der Waals surface area (Å²) in [6.07, 6.45) is 6.43. The largest absolute Gasteiger partial charge is 0.348 e. The van der Waals surface area contributed by atoms with Crippen LogP contribution < -0.4 is 21.3 Å². The number of carbonyl (C=O) groups is 4. The number of nitrogens with one attached hydrogen (secondary N) is 4. The average molecular weight is 582 g/mol. The molecule has 0 fully saturated rings. The normalized spacial score (nSPS) is 15.9. The molecule has 0 saturated heterocycles. The Bertz CT molecular complexity index is 1400. The van der Waals surface area contributed by atoms with E-state index >= 15 is 0 Å². The maximum absolute atomic E-state index is 13.0. The summed E-state index contributed by atoms with van der Waals surface area (Å²) < 4.78 is 0. The van der Waals surface area contributed by atoms with E-state index in [0.29, 0.717) is 24.2 Å². The van der Waals surface area contributed by atoms with Crippen molar-refractivity contribution in [2.45, 2.75) is 64.5 Å². The van der Waals surface area contributed by atoms with Crippen LogP contribution in [0.4, 0.5) is 17.1 Å². The molecule has 3 aromatic rings. The van der Waals surface area contributed by atoms with E-state index in [1.807, 2.05) is 24.3 Å². The van der Waals surface area contributed by atoms with Gasteiger partial charge in [0.2, 0.25) is 11.8 Å². The number of rotatable bonds is 1. The van der Waals surface area contributed by atoms with E-state index in [4.69, 9.17) is 5.53 Å². The molecule has 7 rings (SSSR count). The van der Waals surface area contributed by atoms with Gasteiger partial charge in [0.15, 0.2) is 0 Å². The van der Waals surface area contributed by atoms with Crippen molar-refractivity contribution in [3.63, 3.8) is 0 Å². The Balaban J connectivity index is 1.48. The van der Waals surface area contributed by atoms with Crippen LogP contribution in [0.2, 0.25) is 0 Å². The molecule has 0 atom stereocenters. The fraction of sp³-hybridized carbons (Fsp3) is 0.312. The summed E-state index contributed by atoms with van der Waals surface area (Å²) in [5.74, 6) is -0.977. The van der Waals surface area contributed by atoms with Gasteiger partial charge < -0.3 is 21.3 Å². The molecule has 4 N–H and O–H groups in total. The van der Waals surface area contributed by atoms with Crippen LogP contribution in [0.25, 0.3) is 10.4 Å². The molecule has 6 bridgehead atoms. The standard InChI is InChI=1S/C32H35N7O4/c33-39-38-28-18-24-17-25(19-28)32(43)35-21-23-11-15-27(16-12-23)37-30(41)8-6-4-2-1-3-5-7-29(40)36-26-13-9-22(10-14-26)20-34-31(24)42/h9-19H,1-8,20-21H2,(H,34,42)(H,35,43)(H,36,40)(H,37,41). The van der Waals surface area contributed by atoms with Gasteiger partial charge in [-0.2, -0.15) is 0 Å². The Morgan fingerprint density at radius 1 is 0.581 bits per heavy atom. The topological polar surface area (TPSA) is 165 Å². The predicted molar refractivity (Wildman–Crippen MR) is 165 cm³/mol. The lowest BCUT2D eigenvalue weighted by Gasteiger charge is -2.11. The number of amides is 4. The Morgan fingerprint density at radius 2 is 1.00 bits per heavy atom. The second-order valence-electron chi connectivity index (χ2n) is 10.4. The monoisotopic (exact) mass is 581 g/mol. The maximum atomic E-state index is 13.0. The van der Waals surface area contributed by atoms with Gasteiger partial charge in [-0.3, -0.25) is 19.2 Å². The lowest BCUT2D eigenvalue weighted by molar-refractivity contribution is -0.117. The van der Waals surface area contributed by atoms with Crippen LogP contribution in [-0.2, 0) is 22.7 Å². The molecular formula is C32H35N7O4. The fourth-order valence-corrected chi connectivity index (χ4v) is 4.69. The first-order valence-corrected chi connectivity index (χ1v) is 14.4. The van der Waals surface area contributed by atoms with Gasteiger partial charge in [0.25, 0.3) is 11.8 Å². The zero-order chi connectivity index (χ0) is 30.4. The van der Waals surface area contributed by atoms with Gasteiger partial charge in [-0.05, 0) is 72.0 Å². The van der Waals surface area contributed by atoms with Gasteiger partial charge >= 0.3 is 0 Å². The summed E-state index contributed by atoms with van der Waals surface area (Å²) in [5, 5.41) is 15.0. The molecule has 0 saturated carbocycles. The molecule has 0 unspecified atom stereocenters. The summed E-state index contributed by atoms with van der Waals surface area (Å²) >= 11 is 0. The number of anilines is 2. The molecule has 11 heteroatoms. The van der Waals surface area contributed by atoms with Crippen molar-refractivity contribution < 1.29 is 19.2 Å². The van der Waals surface area contributed by atoms with Crippen LogP contribution in [0.15, 0.2) is 71.8 Å². The smallest absolute Gasteiger partial charge is 0.251 e. The zero-order valence-corrected chi connectivity index (χ0v) is 23.9. The lowest BCUT2D eigenvalue weighted by atomic mass is 10.1. The maximum Gasteiger partial charge on any atom is 0.251 e. The number of nitrogens with zero attached hydrogens (tertiary/aromatic N) is 3. The number of carbonyl (C=O) groups excluding carboxylic acids is 4. The van der Waals surface area contributed by atoms with Gasteiger partial charge in [-0.1, -0.05) is 55.1 Å². The van der Waals surface area contributed by atoms with Crippen molar-refractivity contribution in [1.29, 1.82) is 0 Å². The van der Waals surface area contributed by atoms with Gasteiger partial charge in [-0.25, -0.2) is 0 Å². The molecule has 0 aromatic heterocycles. The summed E-state index contributed by atoms with van der Waals surface area (Å²) in [4.78, 5) is 53.4. The molecular weight excluding hydrogens is 546 g/mol. The second kappa shape index (κ2) is 15.7. The van der Waals surface area contributed by atoms with Crippen LogP contribution in [-0.4, -0.2) is 23.6 Å². The first kappa shape index (κ1) is 30.8. The second-order valence-corrected chi connectivity index (χ2v) is 10.4. The van der Waals surface area contributed by atoms with E-state index in [0.717, 1.165) is 49.7 Å². The quantitative estimate of drug-likeness (QED) is 0.146. The average Bonchev–Trinajstić information content (AvgIpc) is 3.01. The van der Waals surface area contributed by atoms with E-state index in [1.54, 1.807) is 24.3 Å². The third-order valence-corrected chi connectivity index (χ3v) is 7.04. The van der Waals surface area contributed by atoms with E-state index < -0.39 is 11.8 Å². The van der Waals surface area contributed by atoms with E-state index in [-0.39, 0.29) is 41.7 Å². The van der Waals surface area contributed by atoms with Gasteiger partial charge in [-0.15, -0.1) is 0 Å². The van der Waals surface area contributed by atoms with Gasteiger partial charge in [0, 0.05) is 59.0 Å². The molecule has 11 nitrogen and oxygen atoms in total. The summed E-state index contributed by atoms with van der Waals surface area (Å²) in [6.45, 7) is 0.438. The SMILES string of the molecule is [N-]=[N+]=Nc1cc2cc(c1)C(=O)NCc1ccc(cc1)NC(=O)CCCCCCCCC(=O)Nc1ccc(cc1)CNC2=O. The number of hydrogen-bond acceptors (Lipinski definition) is 5. The lowest BCUT2D eigenvalue weighted by Crippen LogP contribution is -2.25. The highest BCUT2D eigenvalue weighted by atomic mass is 16.2. The minimum Gasteiger partial charge on any atom is -0.348 e. The minimum atomic E-state index is -0.442. The zero-order valence-electron chi connectivity index (χ0n) is 23.9. The summed E-state index contributed by atoms with van der Waals surface area (Å²) in [5.41, 5.74) is 12.4. The highest BCUT2D eigenvalue weighted by molar-refractivity contribution is 6.01. The van der Waals surface area contributed by atoms with Crippen LogP contribution in [0.3, 0.4) is 0 Å². The van der Waals surface area contributed by atoms with Crippen LogP contribution >= 0.6 is 0 Å². The third kappa shape index (κ3) is 10.0. The molecule has 222 valence electrons. The van der Waals surface area contributed by atoms with Crippen molar-refractivity contribution in [3.05, 3.63) is 99.4 Å². The first-order chi connectivity index (χ1) is 20.9. The first-order valence-electron chi connectivity index (χ1n) is 14.4. The van der Waals surface area contributed by atoms with Crippen LogP contribution in [0.1, 0.15) is 83.2 Å². The Kier molecular flexibility index (Phi) is 11.3. The van der Waals surface area contributed by atoms with E-state index in [2.05, 4.69) is 31.3 Å². The van der Waals surface area contributed by atoms with Crippen molar-refractivity contribution in [1.82, 2.24) is 10.6 Å². The van der Waals surface area contributed by atoms with E-state index in [1.165, 1.54) is 18.2 Å². The Hall–Kier alpha value is -5.15. The molecule has 4 aliphatic rings. The molecule has 4 aliphatic heterocycles. The van der Waals surface area contributed by atoms with Gasteiger partial charge in [0.1, 0.15) is 0 Å². The van der Waals surface area contributed by atoms with Crippen molar-refractivity contribution in [2.75, 3.05) is 10.6 Å². The molecule has 0 spiro atoms. The summed E-state index contributed by atoms with van der Waals surface area (Å²) in [7, 11) is 0.